The maximum absolute atomic E-state index is 13.6. The molecule has 0 aliphatic carbocycles. The van der Waals surface area contributed by atoms with Gasteiger partial charge in [-0.3, -0.25) is 9.36 Å². The molecule has 0 saturated carbocycles. The van der Waals surface area contributed by atoms with Crippen molar-refractivity contribution in [3.8, 4) is 5.75 Å². The highest BCUT2D eigenvalue weighted by atomic mass is 16.5. The summed E-state index contributed by atoms with van der Waals surface area (Å²) in [7, 11) is 0. The number of nitrogens with one attached hydrogen (secondary N) is 1. The number of nitrogens with zero attached hydrogens (tertiary/aromatic N) is 5. The smallest absolute Gasteiger partial charge is 0.321 e. The number of anilines is 2. The van der Waals surface area contributed by atoms with Crippen LogP contribution in [0.2, 0.25) is 0 Å². The van der Waals surface area contributed by atoms with Crippen LogP contribution in [0.25, 0.3) is 11.2 Å². The second-order valence-electron chi connectivity index (χ2n) is 9.02. The number of aromatic nitrogens is 3. The molecule has 2 aromatic heterocycles. The minimum atomic E-state index is -0.181. The van der Waals surface area contributed by atoms with Gasteiger partial charge >= 0.3 is 6.03 Å². The molecule has 2 aromatic carbocycles. The van der Waals surface area contributed by atoms with E-state index in [0.29, 0.717) is 62.0 Å². The van der Waals surface area contributed by atoms with Gasteiger partial charge in [0.05, 0.1) is 13.2 Å². The van der Waals surface area contributed by atoms with Crippen LogP contribution in [0.1, 0.15) is 18.1 Å². The van der Waals surface area contributed by atoms with Crippen molar-refractivity contribution in [3.05, 3.63) is 88.3 Å². The molecule has 190 valence electrons. The Morgan fingerprint density at radius 3 is 2.43 bits per heavy atom. The highest BCUT2D eigenvalue weighted by Crippen LogP contribution is 2.18. The summed E-state index contributed by atoms with van der Waals surface area (Å²) in [5.41, 5.74) is 3.94. The number of carbonyl (C=O) groups is 1. The number of rotatable bonds is 6. The first kappa shape index (κ1) is 24.3. The van der Waals surface area contributed by atoms with Crippen LogP contribution >= 0.6 is 0 Å². The predicted molar refractivity (Wildman–Crippen MR) is 144 cm³/mol. The van der Waals surface area contributed by atoms with Crippen LogP contribution < -0.4 is 20.5 Å². The molecule has 9 heteroatoms. The van der Waals surface area contributed by atoms with Gasteiger partial charge in [-0.2, -0.15) is 0 Å². The Bertz CT molecular complexity index is 1440. The Balaban J connectivity index is 1.31. The van der Waals surface area contributed by atoms with Crippen molar-refractivity contribution in [1.29, 1.82) is 0 Å². The summed E-state index contributed by atoms with van der Waals surface area (Å²) in [5.74, 6) is 1.15. The zero-order valence-electron chi connectivity index (χ0n) is 21.1. The second kappa shape index (κ2) is 10.7. The lowest BCUT2D eigenvalue weighted by molar-refractivity contribution is 0.208. The summed E-state index contributed by atoms with van der Waals surface area (Å²) >= 11 is 0. The van der Waals surface area contributed by atoms with Crippen LogP contribution in [-0.4, -0.2) is 58.3 Å². The normalized spacial score (nSPS) is 13.6. The number of carbonyl (C=O) groups excluding carboxylic acids is 1. The molecule has 0 spiro atoms. The maximum Gasteiger partial charge on any atom is 0.321 e. The Kier molecular flexibility index (Phi) is 7.02. The third-order valence-electron chi connectivity index (χ3n) is 6.43. The van der Waals surface area contributed by atoms with Gasteiger partial charge in [0.15, 0.2) is 11.5 Å². The quantitative estimate of drug-likeness (QED) is 0.434. The van der Waals surface area contributed by atoms with Crippen molar-refractivity contribution in [2.45, 2.75) is 20.4 Å². The van der Waals surface area contributed by atoms with Crippen LogP contribution in [0.5, 0.6) is 5.75 Å². The van der Waals surface area contributed by atoms with Crippen LogP contribution in [-0.2, 0) is 6.54 Å². The molecule has 9 nitrogen and oxygen atoms in total. The van der Waals surface area contributed by atoms with Gasteiger partial charge in [0, 0.05) is 38.1 Å². The third kappa shape index (κ3) is 5.40. The minimum Gasteiger partial charge on any atom is -0.494 e. The number of benzene rings is 2. The van der Waals surface area contributed by atoms with E-state index < -0.39 is 0 Å². The van der Waals surface area contributed by atoms with Gasteiger partial charge in [0.25, 0.3) is 5.56 Å². The number of hydrogen-bond donors (Lipinski definition) is 1. The lowest BCUT2D eigenvalue weighted by atomic mass is 10.1. The van der Waals surface area contributed by atoms with E-state index in [0.717, 1.165) is 11.3 Å². The molecule has 0 radical (unpaired) electrons. The fourth-order valence-corrected chi connectivity index (χ4v) is 4.42. The van der Waals surface area contributed by atoms with E-state index in [1.54, 1.807) is 15.7 Å². The SMILES string of the molecule is CCOc1ccc(NC(=O)N2CCN(c3nc4cccnc4n(Cc4ccc(C)cc4)c3=O)CC2)cc1. The highest BCUT2D eigenvalue weighted by Gasteiger charge is 2.25. The van der Waals surface area contributed by atoms with E-state index in [1.165, 1.54) is 5.56 Å². The molecular weight excluding hydrogens is 468 g/mol. The first-order valence-electron chi connectivity index (χ1n) is 12.5. The van der Waals surface area contributed by atoms with Crippen molar-refractivity contribution in [1.82, 2.24) is 19.4 Å². The van der Waals surface area contributed by atoms with Gasteiger partial charge in [-0.25, -0.2) is 14.8 Å². The van der Waals surface area contributed by atoms with Crippen LogP contribution in [0, 0.1) is 6.92 Å². The van der Waals surface area contributed by atoms with Gasteiger partial charge in [-0.15, -0.1) is 0 Å². The average molecular weight is 499 g/mol. The Hall–Kier alpha value is -4.40. The summed E-state index contributed by atoms with van der Waals surface area (Å²) in [6.45, 7) is 6.95. The third-order valence-corrected chi connectivity index (χ3v) is 6.43. The summed E-state index contributed by atoms with van der Waals surface area (Å²) < 4.78 is 7.14. The molecule has 2 amide bonds. The van der Waals surface area contributed by atoms with Gasteiger partial charge < -0.3 is 19.9 Å². The molecular formula is C28H30N6O3. The molecule has 0 unspecified atom stereocenters. The molecule has 1 aliphatic rings. The molecule has 37 heavy (non-hydrogen) atoms. The van der Waals surface area contributed by atoms with E-state index in [1.807, 2.05) is 79.4 Å². The Labute approximate surface area is 215 Å². The Morgan fingerprint density at radius 1 is 1.00 bits per heavy atom. The van der Waals surface area contributed by atoms with E-state index in [9.17, 15) is 9.59 Å². The summed E-state index contributed by atoms with van der Waals surface area (Å²) in [6, 6.07) is 19.0. The molecule has 1 aliphatic heterocycles. The van der Waals surface area contributed by atoms with E-state index in [-0.39, 0.29) is 11.6 Å². The summed E-state index contributed by atoms with van der Waals surface area (Å²) in [4.78, 5) is 39.2. The van der Waals surface area contributed by atoms with E-state index in [2.05, 4.69) is 15.3 Å². The second-order valence-corrected chi connectivity index (χ2v) is 9.02. The topological polar surface area (TPSA) is 92.6 Å². The molecule has 3 heterocycles. The van der Waals surface area contributed by atoms with Crippen molar-refractivity contribution in [2.24, 2.45) is 0 Å². The van der Waals surface area contributed by atoms with Crippen LogP contribution in [0.4, 0.5) is 16.3 Å². The first-order valence-corrected chi connectivity index (χ1v) is 12.5. The summed E-state index contributed by atoms with van der Waals surface area (Å²) in [5, 5.41) is 2.93. The predicted octanol–water partition coefficient (Wildman–Crippen LogP) is 3.90. The fraction of sp³-hybridized carbons (Fsp3) is 0.286. The van der Waals surface area contributed by atoms with E-state index in [4.69, 9.17) is 4.74 Å². The van der Waals surface area contributed by atoms with Crippen molar-refractivity contribution in [2.75, 3.05) is 43.0 Å². The molecule has 0 bridgehead atoms. The lowest BCUT2D eigenvalue weighted by Crippen LogP contribution is -2.51. The van der Waals surface area contributed by atoms with Gasteiger partial charge in [0.1, 0.15) is 11.3 Å². The van der Waals surface area contributed by atoms with Crippen molar-refractivity contribution >= 4 is 28.7 Å². The number of amides is 2. The van der Waals surface area contributed by atoms with Gasteiger partial charge in [-0.1, -0.05) is 29.8 Å². The molecule has 1 fully saturated rings. The highest BCUT2D eigenvalue weighted by molar-refractivity contribution is 5.89. The number of urea groups is 1. The zero-order valence-corrected chi connectivity index (χ0v) is 21.1. The van der Waals surface area contributed by atoms with E-state index >= 15 is 0 Å². The number of hydrogen-bond acceptors (Lipinski definition) is 6. The van der Waals surface area contributed by atoms with Crippen LogP contribution in [0.15, 0.2) is 71.7 Å². The number of pyridine rings is 1. The number of piperazine rings is 1. The van der Waals surface area contributed by atoms with Gasteiger partial charge in [0.2, 0.25) is 0 Å². The van der Waals surface area contributed by atoms with Crippen molar-refractivity contribution < 1.29 is 9.53 Å². The minimum absolute atomic E-state index is 0.170. The van der Waals surface area contributed by atoms with Gasteiger partial charge in [-0.05, 0) is 55.8 Å². The average Bonchev–Trinajstić information content (AvgIpc) is 2.92. The standard InChI is InChI=1S/C28H30N6O3/c1-3-37-23-12-10-22(11-13-23)30-28(36)33-17-15-32(16-18-33)26-27(35)34(19-21-8-6-20(2)7-9-21)25-24(31-26)5-4-14-29-25/h4-14H,3,15-19H2,1-2H3,(H,30,36). The largest absolute Gasteiger partial charge is 0.494 e. The monoisotopic (exact) mass is 498 g/mol. The molecule has 1 N–H and O–H groups in total. The number of aryl methyl sites for hydroxylation is 1. The number of fused-ring (bicyclic) bond motifs is 1. The van der Waals surface area contributed by atoms with Crippen LogP contribution in [0.3, 0.4) is 0 Å². The number of ether oxygens (including phenoxy) is 1. The molecule has 0 atom stereocenters. The van der Waals surface area contributed by atoms with Crippen molar-refractivity contribution in [3.63, 3.8) is 0 Å². The summed E-state index contributed by atoms with van der Waals surface area (Å²) in [6.07, 6.45) is 1.68. The Morgan fingerprint density at radius 2 is 1.73 bits per heavy atom. The molecule has 4 aromatic rings. The zero-order chi connectivity index (χ0) is 25.8. The lowest BCUT2D eigenvalue weighted by Gasteiger charge is -2.35. The maximum atomic E-state index is 13.6. The fourth-order valence-electron chi connectivity index (χ4n) is 4.42. The molecule has 5 rings (SSSR count). The first-order chi connectivity index (χ1) is 18.0. The molecule has 1 saturated heterocycles.